The smallest absolute Gasteiger partial charge is 0.0352 e. The molecule has 0 amide bonds. The molecule has 0 aromatic heterocycles. The van der Waals surface area contributed by atoms with E-state index < -0.39 is 0 Å². The van der Waals surface area contributed by atoms with Gasteiger partial charge in [-0.25, -0.2) is 0 Å². The van der Waals surface area contributed by atoms with Crippen LogP contribution in [0, 0.1) is 5.92 Å². The summed E-state index contributed by atoms with van der Waals surface area (Å²) in [6.07, 6.45) is 1.28. The first-order valence-electron chi connectivity index (χ1n) is 6.77. The summed E-state index contributed by atoms with van der Waals surface area (Å²) in [6.45, 7) is 0. The Morgan fingerprint density at radius 1 is 1.11 bits per heavy atom. The lowest BCUT2D eigenvalue weighted by Crippen LogP contribution is -2.19. The Bertz CT molecular complexity index is 552. The molecule has 0 radical (unpaired) electrons. The van der Waals surface area contributed by atoms with Crippen LogP contribution in [0.15, 0.2) is 59.1 Å². The van der Waals surface area contributed by atoms with Gasteiger partial charge in [-0.2, -0.15) is 0 Å². The van der Waals surface area contributed by atoms with E-state index in [9.17, 15) is 0 Å². The molecule has 2 heteroatoms. The van der Waals surface area contributed by atoms with E-state index >= 15 is 0 Å². The molecule has 3 unspecified atom stereocenters. The number of halogens is 1. The van der Waals surface area contributed by atoms with Crippen molar-refractivity contribution in [2.24, 2.45) is 5.92 Å². The molecule has 0 aliphatic heterocycles. The van der Waals surface area contributed by atoms with Crippen molar-refractivity contribution >= 4 is 15.9 Å². The van der Waals surface area contributed by atoms with Crippen molar-refractivity contribution in [1.29, 1.82) is 0 Å². The molecule has 19 heavy (non-hydrogen) atoms. The van der Waals surface area contributed by atoms with Gasteiger partial charge < -0.3 is 5.32 Å². The van der Waals surface area contributed by atoms with Crippen LogP contribution in [-0.2, 0) is 0 Å². The van der Waals surface area contributed by atoms with Crippen LogP contribution in [0.2, 0.25) is 0 Å². The van der Waals surface area contributed by atoms with Gasteiger partial charge in [0.1, 0.15) is 0 Å². The van der Waals surface area contributed by atoms with Gasteiger partial charge in [-0.15, -0.1) is 0 Å². The fourth-order valence-electron chi connectivity index (χ4n) is 2.99. The van der Waals surface area contributed by atoms with Crippen molar-refractivity contribution in [2.45, 2.75) is 18.4 Å². The second-order valence-corrected chi connectivity index (χ2v) is 6.15. The molecule has 0 heterocycles. The summed E-state index contributed by atoms with van der Waals surface area (Å²) < 4.78 is 1.15. The summed E-state index contributed by atoms with van der Waals surface area (Å²) in [6, 6.07) is 19.9. The molecule has 1 aliphatic carbocycles. The Morgan fingerprint density at radius 3 is 2.58 bits per heavy atom. The van der Waals surface area contributed by atoms with E-state index in [0.717, 1.165) is 4.47 Å². The zero-order chi connectivity index (χ0) is 13.2. The maximum Gasteiger partial charge on any atom is 0.0352 e. The maximum absolute atomic E-state index is 3.56. The Morgan fingerprint density at radius 2 is 1.89 bits per heavy atom. The zero-order valence-corrected chi connectivity index (χ0v) is 12.6. The minimum Gasteiger partial charge on any atom is -0.313 e. The van der Waals surface area contributed by atoms with E-state index in [-0.39, 0.29) is 0 Å². The first-order valence-corrected chi connectivity index (χ1v) is 7.56. The molecular formula is C17H18BrN. The van der Waals surface area contributed by atoms with Crippen molar-refractivity contribution in [2.75, 3.05) is 7.05 Å². The molecule has 2 aromatic rings. The van der Waals surface area contributed by atoms with E-state index in [1.165, 1.54) is 17.5 Å². The first kappa shape index (κ1) is 12.9. The number of nitrogens with one attached hydrogen (secondary N) is 1. The van der Waals surface area contributed by atoms with Gasteiger partial charge in [0.15, 0.2) is 0 Å². The summed E-state index contributed by atoms with van der Waals surface area (Å²) in [7, 11) is 2.06. The average molecular weight is 316 g/mol. The highest BCUT2D eigenvalue weighted by atomic mass is 79.9. The molecule has 3 rings (SSSR count). The van der Waals surface area contributed by atoms with Crippen LogP contribution in [0.1, 0.15) is 29.5 Å². The van der Waals surface area contributed by atoms with Gasteiger partial charge in [-0.3, -0.25) is 0 Å². The predicted molar refractivity (Wildman–Crippen MR) is 83.2 cm³/mol. The average Bonchev–Trinajstić information content (AvgIpc) is 3.21. The third kappa shape index (κ3) is 2.75. The minimum atomic E-state index is 0.447. The Labute approximate surface area is 123 Å². The van der Waals surface area contributed by atoms with Crippen LogP contribution in [0.4, 0.5) is 0 Å². The molecule has 0 saturated heterocycles. The highest BCUT2D eigenvalue weighted by Gasteiger charge is 2.43. The fraction of sp³-hybridized carbons (Fsp3) is 0.294. The molecule has 0 spiro atoms. The summed E-state index contributed by atoms with van der Waals surface area (Å²) in [5, 5.41) is 3.49. The van der Waals surface area contributed by atoms with E-state index in [0.29, 0.717) is 17.9 Å². The predicted octanol–water partition coefficient (Wildman–Crippen LogP) is 4.51. The third-order valence-corrected chi connectivity index (χ3v) is 4.51. The van der Waals surface area contributed by atoms with Gasteiger partial charge in [0.05, 0.1) is 0 Å². The van der Waals surface area contributed by atoms with E-state index in [4.69, 9.17) is 0 Å². The molecule has 1 fully saturated rings. The van der Waals surface area contributed by atoms with Crippen LogP contribution in [0.25, 0.3) is 0 Å². The number of rotatable bonds is 4. The lowest BCUT2D eigenvalue weighted by Gasteiger charge is -2.17. The highest BCUT2D eigenvalue weighted by molar-refractivity contribution is 9.10. The summed E-state index contributed by atoms with van der Waals surface area (Å²) >= 11 is 3.56. The molecule has 1 aliphatic rings. The monoisotopic (exact) mass is 315 g/mol. The molecule has 2 aromatic carbocycles. The van der Waals surface area contributed by atoms with Gasteiger partial charge in [0.2, 0.25) is 0 Å². The van der Waals surface area contributed by atoms with E-state index in [2.05, 4.69) is 82.9 Å². The molecular weight excluding hydrogens is 298 g/mol. The standard InChI is InChI=1S/C17H18BrN/c1-19-17(13-8-5-9-14(18)10-13)16-11-15(16)12-6-3-2-4-7-12/h2-10,15-17,19H,11H2,1H3. The second kappa shape index (κ2) is 5.48. The molecule has 1 nitrogen and oxygen atoms in total. The van der Waals surface area contributed by atoms with Crippen molar-refractivity contribution in [3.8, 4) is 0 Å². The van der Waals surface area contributed by atoms with E-state index in [1.807, 2.05) is 0 Å². The maximum atomic E-state index is 3.56. The van der Waals surface area contributed by atoms with Crippen LogP contribution < -0.4 is 5.32 Å². The Balaban J connectivity index is 1.79. The van der Waals surface area contributed by atoms with Gasteiger partial charge in [-0.1, -0.05) is 58.4 Å². The number of hydrogen-bond acceptors (Lipinski definition) is 1. The van der Waals surface area contributed by atoms with Crippen molar-refractivity contribution < 1.29 is 0 Å². The molecule has 98 valence electrons. The van der Waals surface area contributed by atoms with E-state index in [1.54, 1.807) is 0 Å². The van der Waals surface area contributed by atoms with Crippen molar-refractivity contribution in [3.63, 3.8) is 0 Å². The summed E-state index contributed by atoms with van der Waals surface area (Å²) in [4.78, 5) is 0. The highest BCUT2D eigenvalue weighted by Crippen LogP contribution is 2.53. The third-order valence-electron chi connectivity index (χ3n) is 4.01. The minimum absolute atomic E-state index is 0.447. The topological polar surface area (TPSA) is 12.0 Å². The van der Waals surface area contributed by atoms with Crippen LogP contribution in [0.3, 0.4) is 0 Å². The first-order chi connectivity index (χ1) is 9.29. The molecule has 1 saturated carbocycles. The van der Waals surface area contributed by atoms with Crippen molar-refractivity contribution in [3.05, 3.63) is 70.2 Å². The molecule has 3 atom stereocenters. The van der Waals surface area contributed by atoms with Crippen LogP contribution >= 0.6 is 15.9 Å². The fourth-order valence-corrected chi connectivity index (χ4v) is 3.41. The normalized spacial score (nSPS) is 23.1. The lowest BCUT2D eigenvalue weighted by molar-refractivity contribution is 0.517. The van der Waals surface area contributed by atoms with Crippen LogP contribution in [0.5, 0.6) is 0 Å². The Kier molecular flexibility index (Phi) is 3.72. The lowest BCUT2D eigenvalue weighted by atomic mass is 9.99. The quantitative estimate of drug-likeness (QED) is 0.875. The SMILES string of the molecule is CNC(c1cccc(Br)c1)C1CC1c1ccccc1. The Hall–Kier alpha value is -1.12. The number of hydrogen-bond donors (Lipinski definition) is 1. The second-order valence-electron chi connectivity index (χ2n) is 5.24. The number of benzene rings is 2. The van der Waals surface area contributed by atoms with Gasteiger partial charge in [0, 0.05) is 10.5 Å². The van der Waals surface area contributed by atoms with Gasteiger partial charge in [0.25, 0.3) is 0 Å². The zero-order valence-electron chi connectivity index (χ0n) is 11.0. The molecule has 0 bridgehead atoms. The van der Waals surface area contributed by atoms with Gasteiger partial charge >= 0.3 is 0 Å². The summed E-state index contributed by atoms with van der Waals surface area (Å²) in [5.74, 6) is 1.42. The molecule has 1 N–H and O–H groups in total. The largest absolute Gasteiger partial charge is 0.313 e. The van der Waals surface area contributed by atoms with Crippen molar-refractivity contribution in [1.82, 2.24) is 5.32 Å². The van der Waals surface area contributed by atoms with Crippen LogP contribution in [-0.4, -0.2) is 7.05 Å². The van der Waals surface area contributed by atoms with Gasteiger partial charge in [-0.05, 0) is 48.6 Å². The summed E-state index contributed by atoms with van der Waals surface area (Å²) in [5.41, 5.74) is 2.85.